The lowest BCUT2D eigenvalue weighted by Gasteiger charge is -2.06. The number of carbonyl (C=O) groups excluding carboxylic acids is 2. The van der Waals surface area contributed by atoms with E-state index in [-0.39, 0.29) is 11.7 Å². The molecule has 3 nitrogen and oxygen atoms in total. The molecule has 1 aromatic carbocycles. The van der Waals surface area contributed by atoms with Crippen LogP contribution in [-0.4, -0.2) is 17.2 Å². The number of cyclic esters (lactones) is 2. The van der Waals surface area contributed by atoms with Crippen LogP contribution in [-0.2, 0) is 14.3 Å². The fraction of sp³-hybridized carbons (Fsp3) is 0.273. The van der Waals surface area contributed by atoms with Gasteiger partial charge in [-0.1, -0.05) is 18.2 Å². The number of hydrogen-bond acceptors (Lipinski definition) is 4. The summed E-state index contributed by atoms with van der Waals surface area (Å²) < 4.78 is 4.49. The van der Waals surface area contributed by atoms with Gasteiger partial charge >= 0.3 is 11.9 Å². The Morgan fingerprint density at radius 3 is 2.67 bits per heavy atom. The number of rotatable bonds is 2. The highest BCUT2D eigenvalue weighted by Gasteiger charge is 2.34. The Kier molecular flexibility index (Phi) is 2.77. The number of ether oxygens (including phenoxy) is 1. The second-order valence-corrected chi connectivity index (χ2v) is 4.61. The third-order valence-electron chi connectivity index (χ3n) is 2.19. The largest absolute Gasteiger partial charge is 0.392 e. The van der Waals surface area contributed by atoms with Gasteiger partial charge in [-0.05, 0) is 18.6 Å². The van der Waals surface area contributed by atoms with E-state index in [0.717, 1.165) is 10.5 Å². The number of benzene rings is 1. The normalized spacial score (nSPS) is 20.5. The van der Waals surface area contributed by atoms with Crippen LogP contribution in [0.3, 0.4) is 0 Å². The Hall–Kier alpha value is -1.29. The third kappa shape index (κ3) is 2.21. The highest BCUT2D eigenvalue weighted by molar-refractivity contribution is 8.00. The smallest absolute Gasteiger partial charge is 0.327 e. The van der Waals surface area contributed by atoms with Gasteiger partial charge in [0, 0.05) is 4.90 Å². The van der Waals surface area contributed by atoms with Crippen LogP contribution < -0.4 is 0 Å². The first-order valence-corrected chi connectivity index (χ1v) is 5.51. The average molecular weight is 222 g/mol. The number of esters is 2. The molecular formula is C11H10O3S. The molecule has 0 radical (unpaired) electrons. The SMILES string of the molecule is Cc1ccccc1SC1CC(=O)OC1=O. The summed E-state index contributed by atoms with van der Waals surface area (Å²) in [6.45, 7) is 1.98. The van der Waals surface area contributed by atoms with E-state index in [9.17, 15) is 9.59 Å². The standard InChI is InChI=1S/C11H10O3S/c1-7-4-2-3-5-8(7)15-9-6-10(12)14-11(9)13/h2-5,9H,6H2,1H3. The Morgan fingerprint density at radius 2 is 2.07 bits per heavy atom. The van der Waals surface area contributed by atoms with Crippen LogP contribution in [0, 0.1) is 6.92 Å². The minimum Gasteiger partial charge on any atom is -0.392 e. The van der Waals surface area contributed by atoms with Crippen molar-refractivity contribution in [2.45, 2.75) is 23.5 Å². The molecule has 1 aliphatic rings. The van der Waals surface area contributed by atoms with Gasteiger partial charge in [0.25, 0.3) is 0 Å². The molecule has 1 fully saturated rings. The first-order chi connectivity index (χ1) is 7.16. The monoisotopic (exact) mass is 222 g/mol. The van der Waals surface area contributed by atoms with Crippen LogP contribution in [0.15, 0.2) is 29.2 Å². The summed E-state index contributed by atoms with van der Waals surface area (Å²) >= 11 is 1.39. The topological polar surface area (TPSA) is 43.4 Å². The van der Waals surface area contributed by atoms with E-state index in [1.807, 2.05) is 31.2 Å². The number of carbonyl (C=O) groups is 2. The molecule has 1 unspecified atom stereocenters. The van der Waals surface area contributed by atoms with Gasteiger partial charge in [0.05, 0.1) is 6.42 Å². The van der Waals surface area contributed by atoms with Crippen molar-refractivity contribution in [2.24, 2.45) is 0 Å². The first kappa shape index (κ1) is 10.2. The predicted octanol–water partition coefficient (Wildman–Crippen LogP) is 1.93. The maximum absolute atomic E-state index is 11.2. The molecule has 0 amide bonds. The zero-order chi connectivity index (χ0) is 10.8. The molecule has 0 bridgehead atoms. The van der Waals surface area contributed by atoms with Crippen molar-refractivity contribution in [1.82, 2.24) is 0 Å². The maximum atomic E-state index is 11.2. The molecule has 1 aromatic rings. The van der Waals surface area contributed by atoms with Crippen molar-refractivity contribution in [3.05, 3.63) is 29.8 Å². The van der Waals surface area contributed by atoms with Crippen molar-refractivity contribution < 1.29 is 14.3 Å². The lowest BCUT2D eigenvalue weighted by Crippen LogP contribution is -2.09. The summed E-state index contributed by atoms with van der Waals surface area (Å²) in [7, 11) is 0. The molecule has 4 heteroatoms. The first-order valence-electron chi connectivity index (χ1n) is 4.63. The van der Waals surface area contributed by atoms with Gasteiger partial charge in [0.1, 0.15) is 5.25 Å². The molecule has 1 atom stereocenters. The highest BCUT2D eigenvalue weighted by Crippen LogP contribution is 2.31. The molecular weight excluding hydrogens is 212 g/mol. The molecule has 78 valence electrons. The van der Waals surface area contributed by atoms with E-state index in [2.05, 4.69) is 4.74 Å². The molecule has 2 rings (SSSR count). The van der Waals surface area contributed by atoms with Gasteiger partial charge in [0.15, 0.2) is 0 Å². The number of thioether (sulfide) groups is 1. The third-order valence-corrected chi connectivity index (χ3v) is 3.55. The summed E-state index contributed by atoms with van der Waals surface area (Å²) in [4.78, 5) is 23.1. The fourth-order valence-electron chi connectivity index (χ4n) is 1.39. The van der Waals surface area contributed by atoms with Crippen LogP contribution >= 0.6 is 11.8 Å². The summed E-state index contributed by atoms with van der Waals surface area (Å²) in [6.07, 6.45) is 0.178. The Balaban J connectivity index is 2.13. The van der Waals surface area contributed by atoms with Crippen LogP contribution in [0.25, 0.3) is 0 Å². The summed E-state index contributed by atoms with van der Waals surface area (Å²) in [6, 6.07) is 7.77. The van der Waals surface area contributed by atoms with Crippen molar-refractivity contribution in [3.8, 4) is 0 Å². The van der Waals surface area contributed by atoms with Crippen LogP contribution in [0.1, 0.15) is 12.0 Å². The van der Waals surface area contributed by atoms with E-state index in [4.69, 9.17) is 0 Å². The Bertz CT molecular complexity index is 414. The van der Waals surface area contributed by atoms with Crippen LogP contribution in [0.4, 0.5) is 0 Å². The fourth-order valence-corrected chi connectivity index (χ4v) is 2.47. The summed E-state index contributed by atoms with van der Waals surface area (Å²) in [5, 5.41) is -0.376. The number of hydrogen-bond donors (Lipinski definition) is 0. The van der Waals surface area contributed by atoms with Crippen LogP contribution in [0.2, 0.25) is 0 Å². The van der Waals surface area contributed by atoms with Gasteiger partial charge < -0.3 is 4.74 Å². The predicted molar refractivity (Wildman–Crippen MR) is 56.5 cm³/mol. The Morgan fingerprint density at radius 1 is 1.33 bits per heavy atom. The van der Waals surface area contributed by atoms with Gasteiger partial charge in [-0.3, -0.25) is 9.59 Å². The molecule has 0 saturated carbocycles. The molecule has 1 aliphatic heterocycles. The van der Waals surface area contributed by atoms with Crippen molar-refractivity contribution in [2.75, 3.05) is 0 Å². The summed E-state index contributed by atoms with van der Waals surface area (Å²) in [5.74, 6) is -0.848. The zero-order valence-corrected chi connectivity index (χ0v) is 9.04. The zero-order valence-electron chi connectivity index (χ0n) is 8.23. The van der Waals surface area contributed by atoms with E-state index in [0.29, 0.717) is 0 Å². The van der Waals surface area contributed by atoms with Crippen molar-refractivity contribution >= 4 is 23.7 Å². The minimum absolute atomic E-state index is 0.178. The quantitative estimate of drug-likeness (QED) is 0.566. The molecule has 0 spiro atoms. The Labute approximate surface area is 91.8 Å². The molecule has 15 heavy (non-hydrogen) atoms. The minimum atomic E-state index is -0.425. The second-order valence-electron chi connectivity index (χ2n) is 3.37. The molecule has 0 aliphatic carbocycles. The maximum Gasteiger partial charge on any atom is 0.327 e. The lowest BCUT2D eigenvalue weighted by molar-refractivity contribution is -0.151. The van der Waals surface area contributed by atoms with E-state index in [1.165, 1.54) is 11.8 Å². The lowest BCUT2D eigenvalue weighted by atomic mass is 10.2. The van der Waals surface area contributed by atoms with Crippen LogP contribution in [0.5, 0.6) is 0 Å². The second kappa shape index (κ2) is 4.06. The molecule has 0 N–H and O–H groups in total. The molecule has 0 aromatic heterocycles. The average Bonchev–Trinajstić information content (AvgIpc) is 2.49. The number of aryl methyl sites for hydroxylation is 1. The van der Waals surface area contributed by atoms with Gasteiger partial charge in [-0.25, -0.2) is 0 Å². The molecule has 1 heterocycles. The van der Waals surface area contributed by atoms with E-state index in [1.54, 1.807) is 0 Å². The van der Waals surface area contributed by atoms with E-state index < -0.39 is 11.9 Å². The van der Waals surface area contributed by atoms with Crippen molar-refractivity contribution in [3.63, 3.8) is 0 Å². The van der Waals surface area contributed by atoms with Gasteiger partial charge in [0.2, 0.25) is 0 Å². The summed E-state index contributed by atoms with van der Waals surface area (Å²) in [5.41, 5.74) is 1.11. The van der Waals surface area contributed by atoms with E-state index >= 15 is 0 Å². The van der Waals surface area contributed by atoms with Gasteiger partial charge in [-0.15, -0.1) is 11.8 Å². The highest BCUT2D eigenvalue weighted by atomic mass is 32.2. The van der Waals surface area contributed by atoms with Gasteiger partial charge in [-0.2, -0.15) is 0 Å². The van der Waals surface area contributed by atoms with Crippen molar-refractivity contribution in [1.29, 1.82) is 0 Å². The molecule has 1 saturated heterocycles.